The zero-order valence-electron chi connectivity index (χ0n) is 22.0. The highest BCUT2D eigenvalue weighted by atomic mass is 35.5. The topological polar surface area (TPSA) is 88.4 Å². The number of amidine groups is 1. The Morgan fingerprint density at radius 2 is 1.85 bits per heavy atom. The van der Waals surface area contributed by atoms with Crippen molar-refractivity contribution in [2.24, 2.45) is 4.99 Å². The van der Waals surface area contributed by atoms with E-state index < -0.39 is 5.97 Å². The summed E-state index contributed by atoms with van der Waals surface area (Å²) >= 11 is 7.28. The Labute approximate surface area is 242 Å². The Hall–Kier alpha value is -3.75. The number of benzene rings is 3. The van der Waals surface area contributed by atoms with Gasteiger partial charge < -0.3 is 14.6 Å². The minimum absolute atomic E-state index is 0.0687. The molecule has 7 nitrogen and oxygen atoms in total. The molecular formula is C31H29ClN2O5S. The van der Waals surface area contributed by atoms with Gasteiger partial charge in [-0.2, -0.15) is 0 Å². The Balaban J connectivity index is 1.41. The summed E-state index contributed by atoms with van der Waals surface area (Å²) in [4.78, 5) is 32.2. The van der Waals surface area contributed by atoms with Crippen molar-refractivity contribution in [2.75, 3.05) is 7.11 Å². The van der Waals surface area contributed by atoms with Crippen LogP contribution in [-0.4, -0.2) is 40.2 Å². The van der Waals surface area contributed by atoms with Crippen LogP contribution < -0.4 is 9.47 Å². The summed E-state index contributed by atoms with van der Waals surface area (Å²) in [6.45, 7) is 0.363. The Morgan fingerprint density at radius 3 is 2.58 bits per heavy atom. The lowest BCUT2D eigenvalue weighted by Gasteiger charge is -2.30. The highest BCUT2D eigenvalue weighted by Gasteiger charge is 2.38. The molecule has 1 N–H and O–H groups in total. The van der Waals surface area contributed by atoms with Crippen molar-refractivity contribution in [3.63, 3.8) is 0 Å². The summed E-state index contributed by atoms with van der Waals surface area (Å²) in [5.74, 6) is 0.0419. The standard InChI is InChI=1S/C31H29ClN2O5S/c1-38-27-16-21(12-15-26(27)39-19-20-10-13-23(32)14-11-20)17-28-29(35)34(25-8-3-2-4-9-25)31(40-28)33-24-7-5-6-22(18-24)30(36)37/h5-7,10-18,25H,2-4,8-9,19H2,1H3,(H,36,37)/b28-17-,33-31?. The van der Waals surface area contributed by atoms with E-state index in [1.54, 1.807) is 24.1 Å². The molecule has 1 saturated heterocycles. The van der Waals surface area contributed by atoms with E-state index in [0.29, 0.717) is 38.9 Å². The molecule has 0 aromatic heterocycles. The molecule has 1 saturated carbocycles. The molecule has 2 fully saturated rings. The normalized spacial score (nSPS) is 17.9. The number of halogens is 1. The quantitative estimate of drug-likeness (QED) is 0.278. The zero-order chi connectivity index (χ0) is 28.1. The van der Waals surface area contributed by atoms with Crippen LogP contribution in [0.1, 0.15) is 53.6 Å². The van der Waals surface area contributed by atoms with Crippen molar-refractivity contribution < 1.29 is 24.2 Å². The van der Waals surface area contributed by atoms with Gasteiger partial charge in [0.05, 0.1) is 23.3 Å². The molecule has 40 heavy (non-hydrogen) atoms. The maximum absolute atomic E-state index is 13.7. The second-order valence-electron chi connectivity index (χ2n) is 9.65. The maximum atomic E-state index is 13.7. The van der Waals surface area contributed by atoms with Gasteiger partial charge in [-0.15, -0.1) is 0 Å². The third-order valence-electron chi connectivity index (χ3n) is 6.89. The summed E-state index contributed by atoms with van der Waals surface area (Å²) in [7, 11) is 1.58. The Morgan fingerprint density at radius 1 is 1.07 bits per heavy atom. The van der Waals surface area contributed by atoms with Gasteiger partial charge in [0.25, 0.3) is 5.91 Å². The fourth-order valence-electron chi connectivity index (χ4n) is 4.83. The number of ether oxygens (including phenoxy) is 2. The number of amides is 1. The van der Waals surface area contributed by atoms with Gasteiger partial charge in [-0.3, -0.25) is 9.69 Å². The van der Waals surface area contributed by atoms with Crippen LogP contribution in [0.2, 0.25) is 5.02 Å². The van der Waals surface area contributed by atoms with Crippen molar-refractivity contribution in [3.05, 3.63) is 93.3 Å². The molecule has 0 spiro atoms. The lowest BCUT2D eigenvalue weighted by molar-refractivity contribution is -0.124. The second-order valence-corrected chi connectivity index (χ2v) is 11.1. The molecule has 2 aliphatic rings. The summed E-state index contributed by atoms with van der Waals surface area (Å²) in [5, 5.41) is 10.6. The number of hydrogen-bond donors (Lipinski definition) is 1. The predicted octanol–water partition coefficient (Wildman–Crippen LogP) is 7.56. The van der Waals surface area contributed by atoms with Crippen molar-refractivity contribution in [2.45, 2.75) is 44.8 Å². The third kappa shape index (κ3) is 6.51. The first-order valence-corrected chi connectivity index (χ1v) is 14.3. The molecule has 1 aliphatic carbocycles. The van der Waals surface area contributed by atoms with Crippen molar-refractivity contribution >= 4 is 52.2 Å². The third-order valence-corrected chi connectivity index (χ3v) is 8.12. The van der Waals surface area contributed by atoms with Gasteiger partial charge in [-0.05, 0) is 84.3 Å². The van der Waals surface area contributed by atoms with Gasteiger partial charge >= 0.3 is 5.97 Å². The number of aliphatic imine (C=N–C) groups is 1. The number of thioether (sulfide) groups is 1. The van der Waals surface area contributed by atoms with Crippen LogP contribution in [0.25, 0.3) is 6.08 Å². The van der Waals surface area contributed by atoms with Crippen LogP contribution >= 0.6 is 23.4 Å². The SMILES string of the molecule is COc1cc(/C=C2\SC(=Nc3cccc(C(=O)O)c3)N(C3CCCCC3)C2=O)ccc1OCc1ccc(Cl)cc1. The average Bonchev–Trinajstić information content (AvgIpc) is 3.27. The summed E-state index contributed by atoms with van der Waals surface area (Å²) < 4.78 is 11.6. The van der Waals surface area contributed by atoms with Crippen LogP contribution in [0.4, 0.5) is 5.69 Å². The molecule has 0 radical (unpaired) electrons. The summed E-state index contributed by atoms with van der Waals surface area (Å²) in [5.41, 5.74) is 2.43. The largest absolute Gasteiger partial charge is 0.493 e. The van der Waals surface area contributed by atoms with Crippen LogP contribution in [0.5, 0.6) is 11.5 Å². The van der Waals surface area contributed by atoms with E-state index >= 15 is 0 Å². The molecule has 3 aromatic rings. The fourth-order valence-corrected chi connectivity index (χ4v) is 6.02. The molecule has 206 valence electrons. The van der Waals surface area contributed by atoms with Gasteiger partial charge in [0.15, 0.2) is 16.7 Å². The molecule has 5 rings (SSSR count). The fraction of sp³-hybridized carbons (Fsp3) is 0.258. The molecule has 1 amide bonds. The van der Waals surface area contributed by atoms with Gasteiger partial charge in [-0.25, -0.2) is 9.79 Å². The average molecular weight is 577 g/mol. The van der Waals surface area contributed by atoms with E-state index in [-0.39, 0.29) is 17.5 Å². The molecule has 1 heterocycles. The first-order valence-electron chi connectivity index (χ1n) is 13.1. The summed E-state index contributed by atoms with van der Waals surface area (Å²) in [6.07, 6.45) is 6.96. The van der Waals surface area contributed by atoms with E-state index in [4.69, 9.17) is 26.1 Å². The number of carbonyl (C=O) groups is 2. The lowest BCUT2D eigenvalue weighted by Crippen LogP contribution is -2.40. The Bertz CT molecular complexity index is 1460. The van der Waals surface area contributed by atoms with Crippen molar-refractivity contribution in [1.29, 1.82) is 0 Å². The van der Waals surface area contributed by atoms with Crippen molar-refractivity contribution in [3.8, 4) is 11.5 Å². The number of carboxylic acids is 1. The molecule has 3 aromatic carbocycles. The van der Waals surface area contributed by atoms with Crippen LogP contribution in [-0.2, 0) is 11.4 Å². The van der Waals surface area contributed by atoms with Crippen LogP contribution in [0.15, 0.2) is 76.6 Å². The highest BCUT2D eigenvalue weighted by Crippen LogP contribution is 2.39. The number of nitrogens with zero attached hydrogens (tertiary/aromatic N) is 2. The first-order chi connectivity index (χ1) is 19.4. The molecule has 0 bridgehead atoms. The molecule has 0 atom stereocenters. The van der Waals surface area contributed by atoms with Gasteiger partial charge in [0, 0.05) is 11.1 Å². The van der Waals surface area contributed by atoms with E-state index in [1.807, 2.05) is 48.5 Å². The number of carbonyl (C=O) groups excluding carboxylic acids is 1. The number of carboxylic acid groups (broad SMARTS) is 1. The molecular weight excluding hydrogens is 548 g/mol. The van der Waals surface area contributed by atoms with Gasteiger partial charge in [0.1, 0.15) is 6.61 Å². The van der Waals surface area contributed by atoms with Gasteiger partial charge in [-0.1, -0.05) is 55.1 Å². The van der Waals surface area contributed by atoms with Gasteiger partial charge in [0.2, 0.25) is 0 Å². The maximum Gasteiger partial charge on any atom is 0.335 e. The van der Waals surface area contributed by atoms with E-state index in [9.17, 15) is 14.7 Å². The van der Waals surface area contributed by atoms with E-state index in [2.05, 4.69) is 0 Å². The minimum atomic E-state index is -1.02. The molecule has 1 aliphatic heterocycles. The van der Waals surface area contributed by atoms with E-state index in [0.717, 1.165) is 43.2 Å². The Kier molecular flexibility index (Phi) is 8.77. The summed E-state index contributed by atoms with van der Waals surface area (Å²) in [6, 6.07) is 19.5. The number of methoxy groups -OCH3 is 1. The predicted molar refractivity (Wildman–Crippen MR) is 159 cm³/mol. The van der Waals surface area contributed by atoms with Crippen LogP contribution in [0, 0.1) is 0 Å². The van der Waals surface area contributed by atoms with E-state index in [1.165, 1.54) is 23.9 Å². The molecule has 0 unspecified atom stereocenters. The van der Waals surface area contributed by atoms with Crippen molar-refractivity contribution in [1.82, 2.24) is 4.90 Å². The highest BCUT2D eigenvalue weighted by molar-refractivity contribution is 8.18. The minimum Gasteiger partial charge on any atom is -0.493 e. The number of rotatable bonds is 8. The number of aromatic carboxylic acids is 1. The monoisotopic (exact) mass is 576 g/mol. The second kappa shape index (κ2) is 12.6. The lowest BCUT2D eigenvalue weighted by atomic mass is 9.94. The smallest absolute Gasteiger partial charge is 0.335 e. The van der Waals surface area contributed by atoms with Crippen LogP contribution in [0.3, 0.4) is 0 Å². The first kappa shape index (κ1) is 27.8. The number of hydrogen-bond acceptors (Lipinski definition) is 6. The molecule has 9 heteroatoms. The zero-order valence-corrected chi connectivity index (χ0v) is 23.6.